The standard InChI is InChI=1S/C19H21FN2O3/c1-24-18-8-7-14(13-17(18)20)21-19(23)22-11-9-16(10-12-22)25-15-5-3-2-4-6-15/h2-8,13,16H,9-12H2,1H3,(H,21,23). The summed E-state index contributed by atoms with van der Waals surface area (Å²) in [5, 5.41) is 2.72. The first-order valence-corrected chi connectivity index (χ1v) is 8.27. The Hall–Kier alpha value is -2.76. The maximum atomic E-state index is 13.7. The number of piperidine rings is 1. The summed E-state index contributed by atoms with van der Waals surface area (Å²) in [7, 11) is 1.40. The average Bonchev–Trinajstić information content (AvgIpc) is 2.63. The molecule has 0 bridgehead atoms. The average molecular weight is 344 g/mol. The maximum absolute atomic E-state index is 13.7. The molecule has 0 unspecified atom stereocenters. The van der Waals surface area contributed by atoms with Crippen LogP contribution in [0.5, 0.6) is 11.5 Å². The van der Waals surface area contributed by atoms with E-state index in [0.29, 0.717) is 18.8 Å². The van der Waals surface area contributed by atoms with E-state index in [1.165, 1.54) is 19.2 Å². The van der Waals surface area contributed by atoms with Crippen molar-refractivity contribution in [1.29, 1.82) is 0 Å². The van der Waals surface area contributed by atoms with Crippen LogP contribution in [0.2, 0.25) is 0 Å². The Kier molecular flexibility index (Phi) is 5.38. The van der Waals surface area contributed by atoms with E-state index in [4.69, 9.17) is 9.47 Å². The lowest BCUT2D eigenvalue weighted by molar-refractivity contribution is 0.115. The molecular formula is C19H21FN2O3. The summed E-state index contributed by atoms with van der Waals surface area (Å²) in [4.78, 5) is 14.0. The summed E-state index contributed by atoms with van der Waals surface area (Å²) < 4.78 is 24.5. The summed E-state index contributed by atoms with van der Waals surface area (Å²) in [5.41, 5.74) is 0.408. The van der Waals surface area contributed by atoms with Gasteiger partial charge in [0.05, 0.1) is 7.11 Å². The summed E-state index contributed by atoms with van der Waals surface area (Å²) in [6.07, 6.45) is 1.63. The number of ether oxygens (including phenoxy) is 2. The minimum atomic E-state index is -0.504. The number of benzene rings is 2. The van der Waals surface area contributed by atoms with Crippen LogP contribution in [0.4, 0.5) is 14.9 Å². The predicted octanol–water partition coefficient (Wildman–Crippen LogP) is 3.91. The molecule has 0 saturated carbocycles. The lowest BCUT2D eigenvalue weighted by atomic mass is 10.1. The van der Waals surface area contributed by atoms with Gasteiger partial charge in [-0.2, -0.15) is 0 Å². The fourth-order valence-electron chi connectivity index (χ4n) is 2.81. The molecule has 1 aliphatic rings. The second-order valence-corrected chi connectivity index (χ2v) is 5.90. The summed E-state index contributed by atoms with van der Waals surface area (Å²) >= 11 is 0. The first kappa shape index (κ1) is 17.1. The number of hydrogen-bond donors (Lipinski definition) is 1. The Balaban J connectivity index is 1.50. The summed E-state index contributed by atoms with van der Waals surface area (Å²) in [6.45, 7) is 1.20. The van der Waals surface area contributed by atoms with Gasteiger partial charge in [-0.1, -0.05) is 18.2 Å². The van der Waals surface area contributed by atoms with E-state index in [-0.39, 0.29) is 17.9 Å². The number of halogens is 1. The lowest BCUT2D eigenvalue weighted by Gasteiger charge is -2.32. The molecule has 0 spiro atoms. The number of hydrogen-bond acceptors (Lipinski definition) is 3. The highest BCUT2D eigenvalue weighted by atomic mass is 19.1. The molecule has 0 atom stereocenters. The Labute approximate surface area is 146 Å². The fraction of sp³-hybridized carbons (Fsp3) is 0.316. The molecule has 3 rings (SSSR count). The van der Waals surface area contributed by atoms with Crippen molar-refractivity contribution in [1.82, 2.24) is 4.90 Å². The van der Waals surface area contributed by atoms with Gasteiger partial charge in [-0.15, -0.1) is 0 Å². The number of methoxy groups -OCH3 is 1. The number of nitrogens with one attached hydrogen (secondary N) is 1. The molecule has 2 aromatic rings. The number of rotatable bonds is 4. The molecule has 1 heterocycles. The second kappa shape index (κ2) is 7.88. The highest BCUT2D eigenvalue weighted by Crippen LogP contribution is 2.22. The van der Waals surface area contributed by atoms with Gasteiger partial charge < -0.3 is 19.7 Å². The van der Waals surface area contributed by atoms with E-state index in [1.807, 2.05) is 30.3 Å². The van der Waals surface area contributed by atoms with Crippen LogP contribution in [0.15, 0.2) is 48.5 Å². The number of anilines is 1. The largest absolute Gasteiger partial charge is 0.494 e. The van der Waals surface area contributed by atoms with Crippen molar-refractivity contribution in [2.24, 2.45) is 0 Å². The molecule has 1 N–H and O–H groups in total. The van der Waals surface area contributed by atoms with Gasteiger partial charge >= 0.3 is 6.03 Å². The van der Waals surface area contributed by atoms with Gasteiger partial charge in [0.1, 0.15) is 11.9 Å². The molecule has 6 heteroatoms. The SMILES string of the molecule is COc1ccc(NC(=O)N2CCC(Oc3ccccc3)CC2)cc1F. The van der Waals surface area contributed by atoms with Crippen molar-refractivity contribution in [2.45, 2.75) is 18.9 Å². The van der Waals surface area contributed by atoms with Crippen LogP contribution >= 0.6 is 0 Å². The van der Waals surface area contributed by atoms with Crippen LogP contribution < -0.4 is 14.8 Å². The number of para-hydroxylation sites is 1. The Morgan fingerprint density at radius 3 is 2.52 bits per heavy atom. The fourth-order valence-corrected chi connectivity index (χ4v) is 2.81. The normalized spacial score (nSPS) is 14.9. The van der Waals surface area contributed by atoms with Gasteiger partial charge in [0.2, 0.25) is 0 Å². The second-order valence-electron chi connectivity index (χ2n) is 5.90. The van der Waals surface area contributed by atoms with Crippen LogP contribution in [0.3, 0.4) is 0 Å². The molecule has 1 fully saturated rings. The topological polar surface area (TPSA) is 50.8 Å². The van der Waals surface area contributed by atoms with Crippen LogP contribution in [0, 0.1) is 5.82 Å². The van der Waals surface area contributed by atoms with E-state index in [0.717, 1.165) is 18.6 Å². The number of nitrogens with zero attached hydrogens (tertiary/aromatic N) is 1. The van der Waals surface area contributed by atoms with Gasteiger partial charge in [-0.25, -0.2) is 9.18 Å². The predicted molar refractivity (Wildman–Crippen MR) is 93.6 cm³/mol. The number of amides is 2. The van der Waals surface area contributed by atoms with Crippen LogP contribution in [0.1, 0.15) is 12.8 Å². The summed E-state index contributed by atoms with van der Waals surface area (Å²) in [5.74, 6) is 0.492. The highest BCUT2D eigenvalue weighted by molar-refractivity contribution is 5.89. The van der Waals surface area contributed by atoms with Gasteiger partial charge in [0, 0.05) is 37.7 Å². The number of urea groups is 1. The third-order valence-electron chi connectivity index (χ3n) is 4.18. The van der Waals surface area contributed by atoms with Crippen LogP contribution in [0.25, 0.3) is 0 Å². The Morgan fingerprint density at radius 2 is 1.88 bits per heavy atom. The molecule has 132 valence electrons. The van der Waals surface area contributed by atoms with Gasteiger partial charge in [-0.3, -0.25) is 0 Å². The van der Waals surface area contributed by atoms with E-state index >= 15 is 0 Å². The van der Waals surface area contributed by atoms with Gasteiger partial charge in [0.25, 0.3) is 0 Å². The molecule has 1 aliphatic heterocycles. The maximum Gasteiger partial charge on any atom is 0.321 e. The molecular weight excluding hydrogens is 323 g/mol. The number of likely N-dealkylation sites (tertiary alicyclic amines) is 1. The zero-order valence-corrected chi connectivity index (χ0v) is 14.1. The zero-order chi connectivity index (χ0) is 17.6. The number of carbonyl (C=O) groups is 1. The van der Waals surface area contributed by atoms with E-state index < -0.39 is 5.82 Å². The molecule has 0 aliphatic carbocycles. The highest BCUT2D eigenvalue weighted by Gasteiger charge is 2.24. The molecule has 0 aromatic heterocycles. The lowest BCUT2D eigenvalue weighted by Crippen LogP contribution is -2.43. The zero-order valence-electron chi connectivity index (χ0n) is 14.1. The minimum Gasteiger partial charge on any atom is -0.494 e. The molecule has 25 heavy (non-hydrogen) atoms. The molecule has 2 amide bonds. The summed E-state index contributed by atoms with van der Waals surface area (Å²) in [6, 6.07) is 13.8. The molecule has 0 radical (unpaired) electrons. The van der Waals surface area contributed by atoms with E-state index in [2.05, 4.69) is 5.32 Å². The third kappa shape index (κ3) is 4.41. The molecule has 5 nitrogen and oxygen atoms in total. The van der Waals surface area contributed by atoms with E-state index in [1.54, 1.807) is 11.0 Å². The monoisotopic (exact) mass is 344 g/mol. The minimum absolute atomic E-state index is 0.102. The molecule has 2 aromatic carbocycles. The van der Waals surface area contributed by atoms with Gasteiger partial charge in [0.15, 0.2) is 11.6 Å². The first-order chi connectivity index (χ1) is 12.2. The van der Waals surface area contributed by atoms with Gasteiger partial charge in [-0.05, 0) is 24.3 Å². The number of carbonyl (C=O) groups excluding carboxylic acids is 1. The smallest absolute Gasteiger partial charge is 0.321 e. The molecule has 1 saturated heterocycles. The van der Waals surface area contributed by atoms with Crippen molar-refractivity contribution >= 4 is 11.7 Å². The van der Waals surface area contributed by atoms with Crippen molar-refractivity contribution in [3.8, 4) is 11.5 Å². The van der Waals surface area contributed by atoms with E-state index in [9.17, 15) is 9.18 Å². The van der Waals surface area contributed by atoms with Crippen LogP contribution in [-0.2, 0) is 0 Å². The van der Waals surface area contributed by atoms with Crippen molar-refractivity contribution in [2.75, 3.05) is 25.5 Å². The van der Waals surface area contributed by atoms with Crippen molar-refractivity contribution < 1.29 is 18.7 Å². The van der Waals surface area contributed by atoms with Crippen molar-refractivity contribution in [3.05, 3.63) is 54.3 Å². The van der Waals surface area contributed by atoms with Crippen molar-refractivity contribution in [3.63, 3.8) is 0 Å². The quantitative estimate of drug-likeness (QED) is 0.915. The Morgan fingerprint density at radius 1 is 1.16 bits per heavy atom. The third-order valence-corrected chi connectivity index (χ3v) is 4.18. The Bertz CT molecular complexity index is 716. The van der Waals surface area contributed by atoms with Crippen LogP contribution in [-0.4, -0.2) is 37.2 Å². The first-order valence-electron chi connectivity index (χ1n) is 8.27.